The van der Waals surface area contributed by atoms with E-state index in [9.17, 15) is 0 Å². The highest BCUT2D eigenvalue weighted by molar-refractivity contribution is 5.84. The van der Waals surface area contributed by atoms with Crippen molar-refractivity contribution < 1.29 is 4.74 Å². The van der Waals surface area contributed by atoms with Crippen LogP contribution in [0.25, 0.3) is 10.9 Å². The Balaban J connectivity index is 2.55. The van der Waals surface area contributed by atoms with Gasteiger partial charge in [-0.1, -0.05) is 24.8 Å². The molecule has 0 N–H and O–H groups in total. The quantitative estimate of drug-likeness (QED) is 0.731. The highest BCUT2D eigenvalue weighted by Gasteiger charge is 2.03. The molecule has 0 aliphatic carbocycles. The molecule has 0 fully saturated rings. The van der Waals surface area contributed by atoms with Crippen LogP contribution in [0.2, 0.25) is 0 Å². The molecule has 0 spiro atoms. The van der Waals surface area contributed by atoms with E-state index in [0.29, 0.717) is 23.6 Å². The number of nitriles is 1. The molecule has 0 bridgehead atoms. The maximum atomic E-state index is 8.79. The van der Waals surface area contributed by atoms with Crippen LogP contribution in [-0.4, -0.2) is 11.6 Å². The fraction of sp³-hybridized carbons (Fsp3) is 0.0769. The van der Waals surface area contributed by atoms with Crippen molar-refractivity contribution in [3.05, 3.63) is 48.7 Å². The molecule has 3 nitrogen and oxygen atoms in total. The number of benzene rings is 1. The Labute approximate surface area is 93.6 Å². The topological polar surface area (TPSA) is 45.9 Å². The summed E-state index contributed by atoms with van der Waals surface area (Å²) >= 11 is 0. The van der Waals surface area contributed by atoms with Crippen LogP contribution in [-0.2, 0) is 0 Å². The molecule has 0 aliphatic rings. The van der Waals surface area contributed by atoms with E-state index in [1.807, 2.05) is 30.3 Å². The lowest BCUT2D eigenvalue weighted by atomic mass is 10.2. The summed E-state index contributed by atoms with van der Waals surface area (Å²) in [5.41, 5.74) is 1.10. The zero-order valence-corrected chi connectivity index (χ0v) is 8.68. The minimum absolute atomic E-state index is 0.391. The second-order valence-electron chi connectivity index (χ2n) is 3.24. The third-order valence-electron chi connectivity index (χ3n) is 2.15. The summed E-state index contributed by atoms with van der Waals surface area (Å²) in [5.74, 6) is 0.675. The number of ether oxygens (including phenoxy) is 1. The van der Waals surface area contributed by atoms with Gasteiger partial charge in [-0.25, -0.2) is 4.98 Å². The summed E-state index contributed by atoms with van der Waals surface area (Å²) in [4.78, 5) is 4.23. The predicted octanol–water partition coefficient (Wildman–Crippen LogP) is 2.67. The fourth-order valence-electron chi connectivity index (χ4n) is 1.45. The number of pyridine rings is 1. The van der Waals surface area contributed by atoms with Crippen molar-refractivity contribution in [1.29, 1.82) is 5.26 Å². The summed E-state index contributed by atoms with van der Waals surface area (Å²) in [6.45, 7) is 4.02. The van der Waals surface area contributed by atoms with E-state index < -0.39 is 0 Å². The SMILES string of the molecule is C=CCOc1cccc2ccc(C#N)nc12. The van der Waals surface area contributed by atoms with Gasteiger partial charge >= 0.3 is 0 Å². The predicted molar refractivity (Wildman–Crippen MR) is 62.2 cm³/mol. The normalized spacial score (nSPS) is 9.69. The van der Waals surface area contributed by atoms with Gasteiger partial charge in [0.15, 0.2) is 0 Å². The van der Waals surface area contributed by atoms with E-state index in [1.54, 1.807) is 12.1 Å². The summed E-state index contributed by atoms with van der Waals surface area (Å²) < 4.78 is 5.48. The van der Waals surface area contributed by atoms with Crippen molar-refractivity contribution >= 4 is 10.9 Å². The summed E-state index contributed by atoms with van der Waals surface area (Å²) in [6.07, 6.45) is 1.67. The van der Waals surface area contributed by atoms with Crippen molar-refractivity contribution in [2.24, 2.45) is 0 Å². The van der Waals surface area contributed by atoms with E-state index >= 15 is 0 Å². The Morgan fingerprint density at radius 3 is 3.00 bits per heavy atom. The van der Waals surface area contributed by atoms with Gasteiger partial charge in [-0.15, -0.1) is 0 Å². The standard InChI is InChI=1S/C13H10N2O/c1-2-8-16-12-5-3-4-10-6-7-11(9-14)15-13(10)12/h2-7H,1,8H2. The molecule has 0 saturated heterocycles. The van der Waals surface area contributed by atoms with E-state index in [2.05, 4.69) is 11.6 Å². The highest BCUT2D eigenvalue weighted by atomic mass is 16.5. The van der Waals surface area contributed by atoms with Crippen LogP contribution in [0.3, 0.4) is 0 Å². The zero-order chi connectivity index (χ0) is 11.4. The Bertz CT molecular complexity index is 570. The van der Waals surface area contributed by atoms with Crippen molar-refractivity contribution in [3.63, 3.8) is 0 Å². The molecule has 0 aliphatic heterocycles. The molecule has 0 radical (unpaired) electrons. The number of rotatable bonds is 3. The Kier molecular flexibility index (Phi) is 2.84. The molecule has 3 heteroatoms. The van der Waals surface area contributed by atoms with Crippen molar-refractivity contribution in [1.82, 2.24) is 4.98 Å². The molecule has 1 heterocycles. The largest absolute Gasteiger partial charge is 0.487 e. The van der Waals surface area contributed by atoms with Gasteiger partial charge in [0.2, 0.25) is 0 Å². The Morgan fingerprint density at radius 1 is 1.38 bits per heavy atom. The Hall–Kier alpha value is -2.34. The first-order valence-electron chi connectivity index (χ1n) is 4.88. The monoisotopic (exact) mass is 210 g/mol. The molecule has 0 unspecified atom stereocenters. The summed E-state index contributed by atoms with van der Waals surface area (Å²) in [7, 11) is 0. The summed E-state index contributed by atoms with van der Waals surface area (Å²) in [5, 5.41) is 9.75. The van der Waals surface area contributed by atoms with Crippen molar-refractivity contribution in [2.45, 2.75) is 0 Å². The number of fused-ring (bicyclic) bond motifs is 1. The van der Waals surface area contributed by atoms with Crippen LogP contribution in [0.4, 0.5) is 0 Å². The maximum absolute atomic E-state index is 8.79. The molecule has 0 amide bonds. The van der Waals surface area contributed by atoms with E-state index in [0.717, 1.165) is 5.39 Å². The lowest BCUT2D eigenvalue weighted by molar-refractivity contribution is 0.367. The fourth-order valence-corrected chi connectivity index (χ4v) is 1.45. The van der Waals surface area contributed by atoms with Gasteiger partial charge < -0.3 is 4.74 Å². The van der Waals surface area contributed by atoms with Crippen molar-refractivity contribution in [3.8, 4) is 11.8 Å². The molecular weight excluding hydrogens is 200 g/mol. The number of nitrogens with zero attached hydrogens (tertiary/aromatic N) is 2. The molecule has 0 atom stereocenters. The molecule has 0 saturated carbocycles. The average molecular weight is 210 g/mol. The van der Waals surface area contributed by atoms with E-state index in [4.69, 9.17) is 10.00 Å². The number of aromatic nitrogens is 1. The van der Waals surface area contributed by atoms with Gasteiger partial charge in [0.05, 0.1) is 0 Å². The third kappa shape index (κ3) is 1.86. The first kappa shape index (κ1) is 10.2. The lowest BCUT2D eigenvalue weighted by Crippen LogP contribution is -1.95. The highest BCUT2D eigenvalue weighted by Crippen LogP contribution is 2.23. The van der Waals surface area contributed by atoms with Crippen LogP contribution in [0.1, 0.15) is 5.69 Å². The molecule has 78 valence electrons. The molecular formula is C13H10N2O. The third-order valence-corrected chi connectivity index (χ3v) is 2.15. The molecule has 16 heavy (non-hydrogen) atoms. The van der Waals surface area contributed by atoms with Crippen molar-refractivity contribution in [2.75, 3.05) is 6.61 Å². The first-order chi connectivity index (χ1) is 7.85. The number of hydrogen-bond donors (Lipinski definition) is 0. The van der Waals surface area contributed by atoms with E-state index in [-0.39, 0.29) is 0 Å². The van der Waals surface area contributed by atoms with Crippen LogP contribution in [0.5, 0.6) is 5.75 Å². The van der Waals surface area contributed by atoms with Gasteiger partial charge in [0, 0.05) is 5.39 Å². The van der Waals surface area contributed by atoms with Crippen LogP contribution in [0.15, 0.2) is 43.0 Å². The Morgan fingerprint density at radius 2 is 2.25 bits per heavy atom. The molecule has 2 aromatic rings. The van der Waals surface area contributed by atoms with Gasteiger partial charge in [-0.2, -0.15) is 5.26 Å². The molecule has 2 rings (SSSR count). The second-order valence-corrected chi connectivity index (χ2v) is 3.24. The second kappa shape index (κ2) is 4.45. The van der Waals surface area contributed by atoms with Gasteiger partial charge in [0.1, 0.15) is 29.6 Å². The van der Waals surface area contributed by atoms with Crippen LogP contribution >= 0.6 is 0 Å². The van der Waals surface area contributed by atoms with Gasteiger partial charge in [-0.3, -0.25) is 0 Å². The maximum Gasteiger partial charge on any atom is 0.146 e. The van der Waals surface area contributed by atoms with E-state index in [1.165, 1.54) is 0 Å². The van der Waals surface area contributed by atoms with Gasteiger partial charge in [-0.05, 0) is 18.2 Å². The first-order valence-corrected chi connectivity index (χ1v) is 4.88. The molecule has 1 aromatic heterocycles. The smallest absolute Gasteiger partial charge is 0.146 e. The minimum Gasteiger partial charge on any atom is -0.487 e. The minimum atomic E-state index is 0.391. The van der Waals surface area contributed by atoms with Crippen LogP contribution < -0.4 is 4.74 Å². The number of hydrogen-bond acceptors (Lipinski definition) is 3. The van der Waals surface area contributed by atoms with Gasteiger partial charge in [0.25, 0.3) is 0 Å². The number of para-hydroxylation sites is 1. The zero-order valence-electron chi connectivity index (χ0n) is 8.68. The molecule has 1 aromatic carbocycles. The average Bonchev–Trinajstić information content (AvgIpc) is 2.35. The van der Waals surface area contributed by atoms with Crippen LogP contribution in [0, 0.1) is 11.3 Å². The lowest BCUT2D eigenvalue weighted by Gasteiger charge is -2.06. The summed E-state index contributed by atoms with van der Waals surface area (Å²) in [6, 6.07) is 11.2.